The fourth-order valence-electron chi connectivity index (χ4n) is 4.26. The van der Waals surface area contributed by atoms with Crippen LogP contribution < -0.4 is 16.0 Å². The van der Waals surface area contributed by atoms with Gasteiger partial charge >= 0.3 is 6.18 Å². The number of anilines is 3. The van der Waals surface area contributed by atoms with Gasteiger partial charge in [-0.2, -0.15) is 18.3 Å². The lowest BCUT2D eigenvalue weighted by Crippen LogP contribution is -2.40. The normalized spacial score (nSPS) is 18.7. The van der Waals surface area contributed by atoms with Gasteiger partial charge in [0.1, 0.15) is 5.82 Å². The monoisotopic (exact) mass is 452 g/mol. The average Bonchev–Trinajstić information content (AvgIpc) is 3.22. The van der Waals surface area contributed by atoms with Crippen LogP contribution in [0.25, 0.3) is 0 Å². The number of amides is 1. The first kappa shape index (κ1) is 22.3. The number of primary amides is 1. The van der Waals surface area contributed by atoms with E-state index in [0.717, 1.165) is 25.9 Å². The molecule has 9 nitrogen and oxygen atoms in total. The van der Waals surface area contributed by atoms with Gasteiger partial charge in [0.2, 0.25) is 0 Å². The number of rotatable bonds is 6. The molecule has 2 aliphatic heterocycles. The van der Waals surface area contributed by atoms with Crippen LogP contribution in [0.3, 0.4) is 0 Å². The first-order valence-corrected chi connectivity index (χ1v) is 10.8. The molecule has 2 fully saturated rings. The van der Waals surface area contributed by atoms with Crippen LogP contribution in [0.5, 0.6) is 0 Å². The molecule has 174 valence electrons. The predicted molar refractivity (Wildman–Crippen MR) is 113 cm³/mol. The molecule has 2 aromatic heterocycles. The molecule has 2 saturated heterocycles. The quantitative estimate of drug-likeness (QED) is 0.694. The van der Waals surface area contributed by atoms with Gasteiger partial charge in [-0.25, -0.2) is 9.97 Å². The van der Waals surface area contributed by atoms with E-state index in [1.807, 2.05) is 0 Å². The van der Waals surface area contributed by atoms with Crippen LogP contribution in [0, 0.1) is 0 Å². The Morgan fingerprint density at radius 3 is 2.50 bits per heavy atom. The fourth-order valence-corrected chi connectivity index (χ4v) is 4.26. The SMILES string of the molecule is NC(=O)c1ncc(N2CCCCC2)nc1Nc1cnn(C2CCN(CC(F)(F)F)CC2)c1. The molecule has 0 unspecified atom stereocenters. The van der Waals surface area contributed by atoms with Crippen LogP contribution >= 0.6 is 0 Å². The Bertz CT molecular complexity index is 933. The third kappa shape index (κ3) is 5.47. The van der Waals surface area contributed by atoms with Crippen molar-refractivity contribution < 1.29 is 18.0 Å². The Morgan fingerprint density at radius 1 is 1.12 bits per heavy atom. The molecule has 3 N–H and O–H groups in total. The summed E-state index contributed by atoms with van der Waals surface area (Å²) in [5.41, 5.74) is 6.12. The smallest absolute Gasteiger partial charge is 0.364 e. The lowest BCUT2D eigenvalue weighted by atomic mass is 10.1. The van der Waals surface area contributed by atoms with E-state index >= 15 is 0 Å². The third-order valence-electron chi connectivity index (χ3n) is 5.87. The highest BCUT2D eigenvalue weighted by Gasteiger charge is 2.33. The Morgan fingerprint density at radius 2 is 1.84 bits per heavy atom. The summed E-state index contributed by atoms with van der Waals surface area (Å²) in [7, 11) is 0. The largest absolute Gasteiger partial charge is 0.401 e. The van der Waals surface area contributed by atoms with Crippen molar-refractivity contribution in [1.82, 2.24) is 24.6 Å². The minimum Gasteiger partial charge on any atom is -0.364 e. The molecule has 32 heavy (non-hydrogen) atoms. The van der Waals surface area contributed by atoms with Gasteiger partial charge in [-0.1, -0.05) is 0 Å². The Balaban J connectivity index is 1.44. The summed E-state index contributed by atoms with van der Waals surface area (Å²) in [6, 6.07) is 0.0106. The van der Waals surface area contributed by atoms with Crippen molar-refractivity contribution in [2.45, 2.75) is 44.3 Å². The van der Waals surface area contributed by atoms with Crippen LogP contribution in [-0.4, -0.2) is 69.5 Å². The second-order valence-corrected chi connectivity index (χ2v) is 8.29. The zero-order valence-corrected chi connectivity index (χ0v) is 17.7. The van der Waals surface area contributed by atoms with Gasteiger partial charge in [-0.3, -0.25) is 14.4 Å². The topological polar surface area (TPSA) is 105 Å². The second kappa shape index (κ2) is 9.31. The van der Waals surface area contributed by atoms with E-state index in [-0.39, 0.29) is 17.6 Å². The molecule has 2 aromatic rings. The standard InChI is InChI=1S/C20H27F3N8O/c21-20(22,23)13-29-8-4-15(5-9-29)31-12-14(10-26-31)27-19-17(18(24)32)25-11-16(28-19)30-6-2-1-3-7-30/h10-12,15H,1-9,13H2,(H2,24,32)(H,27,28). The molecule has 0 saturated carbocycles. The van der Waals surface area contributed by atoms with E-state index in [2.05, 4.69) is 25.3 Å². The summed E-state index contributed by atoms with van der Waals surface area (Å²) < 4.78 is 39.5. The van der Waals surface area contributed by atoms with E-state index in [4.69, 9.17) is 5.73 Å². The van der Waals surface area contributed by atoms with Gasteiger partial charge in [0, 0.05) is 32.4 Å². The number of halogens is 3. The van der Waals surface area contributed by atoms with Crippen LogP contribution in [0.4, 0.5) is 30.5 Å². The van der Waals surface area contributed by atoms with Gasteiger partial charge < -0.3 is 16.0 Å². The number of likely N-dealkylation sites (tertiary alicyclic amines) is 1. The number of alkyl halides is 3. The van der Waals surface area contributed by atoms with Crippen LogP contribution in [0.15, 0.2) is 18.6 Å². The van der Waals surface area contributed by atoms with E-state index in [1.54, 1.807) is 23.3 Å². The highest BCUT2D eigenvalue weighted by Crippen LogP contribution is 2.27. The molecular weight excluding hydrogens is 425 g/mol. The number of nitrogens with one attached hydrogen (secondary N) is 1. The Hall–Kier alpha value is -2.89. The van der Waals surface area contributed by atoms with Gasteiger partial charge in [0.15, 0.2) is 11.5 Å². The summed E-state index contributed by atoms with van der Waals surface area (Å²) in [5, 5.41) is 7.45. The van der Waals surface area contributed by atoms with Crippen molar-refractivity contribution in [3.8, 4) is 0 Å². The number of hydrogen-bond donors (Lipinski definition) is 2. The summed E-state index contributed by atoms with van der Waals surface area (Å²) >= 11 is 0. The van der Waals surface area contributed by atoms with Gasteiger partial charge in [0.05, 0.1) is 30.7 Å². The number of nitrogens with zero attached hydrogens (tertiary/aromatic N) is 6. The first-order chi connectivity index (χ1) is 15.3. The maximum Gasteiger partial charge on any atom is 0.401 e. The second-order valence-electron chi connectivity index (χ2n) is 8.29. The molecule has 0 bridgehead atoms. The minimum absolute atomic E-state index is 0.0106. The minimum atomic E-state index is -4.18. The number of nitrogens with two attached hydrogens (primary N) is 1. The van der Waals surface area contributed by atoms with Crippen molar-refractivity contribution >= 4 is 23.2 Å². The molecule has 0 aromatic carbocycles. The number of carbonyl (C=O) groups is 1. The van der Waals surface area contributed by atoms with Crippen molar-refractivity contribution in [3.63, 3.8) is 0 Å². The molecule has 0 aliphatic carbocycles. The number of carbonyl (C=O) groups excluding carboxylic acids is 1. The lowest BCUT2D eigenvalue weighted by molar-refractivity contribution is -0.148. The van der Waals surface area contributed by atoms with Gasteiger partial charge in [0.25, 0.3) is 5.91 Å². The molecule has 1 amide bonds. The highest BCUT2D eigenvalue weighted by molar-refractivity contribution is 5.96. The summed E-state index contributed by atoms with van der Waals surface area (Å²) in [4.78, 5) is 24.2. The molecule has 0 atom stereocenters. The Kier molecular flexibility index (Phi) is 6.49. The zero-order chi connectivity index (χ0) is 22.7. The Labute approximate surface area is 183 Å². The van der Waals surface area contributed by atoms with Crippen molar-refractivity contribution in [1.29, 1.82) is 0 Å². The highest BCUT2D eigenvalue weighted by atomic mass is 19.4. The average molecular weight is 452 g/mol. The fraction of sp³-hybridized carbons (Fsp3) is 0.600. The molecule has 4 rings (SSSR count). The predicted octanol–water partition coefficient (Wildman–Crippen LogP) is 2.71. The third-order valence-corrected chi connectivity index (χ3v) is 5.87. The summed E-state index contributed by atoms with van der Waals surface area (Å²) in [6.07, 6.45) is 5.25. The summed E-state index contributed by atoms with van der Waals surface area (Å²) in [6.45, 7) is 1.61. The van der Waals surface area contributed by atoms with Crippen LogP contribution in [0.2, 0.25) is 0 Å². The molecule has 2 aliphatic rings. The maximum atomic E-state index is 12.6. The number of hydrogen-bond acceptors (Lipinski definition) is 7. The van der Waals surface area contributed by atoms with E-state index < -0.39 is 18.6 Å². The molecule has 12 heteroatoms. The van der Waals surface area contributed by atoms with E-state index in [1.165, 1.54) is 11.3 Å². The first-order valence-electron chi connectivity index (χ1n) is 10.8. The molecular formula is C20H27F3N8O. The molecule has 0 radical (unpaired) electrons. The van der Waals surface area contributed by atoms with Crippen molar-refractivity contribution in [3.05, 3.63) is 24.3 Å². The van der Waals surface area contributed by atoms with Crippen LogP contribution in [-0.2, 0) is 0 Å². The number of aromatic nitrogens is 4. The van der Waals surface area contributed by atoms with Crippen LogP contribution in [0.1, 0.15) is 48.6 Å². The van der Waals surface area contributed by atoms with Gasteiger partial charge in [-0.15, -0.1) is 0 Å². The maximum absolute atomic E-state index is 12.6. The van der Waals surface area contributed by atoms with Crippen molar-refractivity contribution in [2.24, 2.45) is 5.73 Å². The van der Waals surface area contributed by atoms with E-state index in [0.29, 0.717) is 37.4 Å². The number of piperidine rings is 2. The molecule has 4 heterocycles. The zero-order valence-electron chi connectivity index (χ0n) is 17.7. The lowest BCUT2D eigenvalue weighted by Gasteiger charge is -2.32. The van der Waals surface area contributed by atoms with Gasteiger partial charge in [-0.05, 0) is 32.1 Å². The van der Waals surface area contributed by atoms with E-state index in [9.17, 15) is 18.0 Å². The van der Waals surface area contributed by atoms with Crippen molar-refractivity contribution in [2.75, 3.05) is 42.9 Å². The summed E-state index contributed by atoms with van der Waals surface area (Å²) in [5.74, 6) is 0.261. The molecule has 0 spiro atoms.